The predicted molar refractivity (Wildman–Crippen MR) is 36.3 cm³/mol. The molecule has 10 heavy (non-hydrogen) atoms. The molecule has 0 spiro atoms. The molecule has 1 unspecified atom stereocenters. The molecule has 0 aliphatic carbocycles. The van der Waals surface area contributed by atoms with E-state index in [9.17, 15) is 4.79 Å². The Morgan fingerprint density at radius 3 is 2.80 bits per heavy atom. The van der Waals surface area contributed by atoms with Gasteiger partial charge in [-0.25, -0.2) is 4.79 Å². The molecule has 0 aromatic rings. The van der Waals surface area contributed by atoms with Crippen molar-refractivity contribution in [2.75, 3.05) is 0 Å². The fourth-order valence-electron chi connectivity index (χ4n) is 0.444. The van der Waals surface area contributed by atoms with E-state index in [0.29, 0.717) is 12.8 Å². The van der Waals surface area contributed by atoms with Crippen LogP contribution in [0.3, 0.4) is 0 Å². The number of nitrogens with two attached hydrogens (primary N) is 2. The molecule has 0 rings (SSSR count). The topological polar surface area (TPSA) is 78.3 Å². The lowest BCUT2D eigenvalue weighted by Gasteiger charge is -2.04. The number of carbonyl (C=O) groups excluding carboxylic acids is 1. The summed E-state index contributed by atoms with van der Waals surface area (Å²) in [6.45, 7) is 0. The molecule has 0 aliphatic heterocycles. The molecule has 0 amide bonds. The summed E-state index contributed by atoms with van der Waals surface area (Å²) in [6, 6.07) is -0.693. The van der Waals surface area contributed by atoms with Gasteiger partial charge in [0.25, 0.3) is 0 Å². The summed E-state index contributed by atoms with van der Waals surface area (Å²) in [6.07, 6.45) is 5.79. The van der Waals surface area contributed by atoms with Gasteiger partial charge in [-0.15, -0.1) is 12.3 Å². The SMILES string of the molecule is C#CCCC(N)C(=O)ON. The van der Waals surface area contributed by atoms with Crippen molar-refractivity contribution in [3.05, 3.63) is 0 Å². The fraction of sp³-hybridized carbons (Fsp3) is 0.500. The summed E-state index contributed by atoms with van der Waals surface area (Å²) in [4.78, 5) is 14.4. The van der Waals surface area contributed by atoms with Crippen LogP contribution in [-0.2, 0) is 9.63 Å². The van der Waals surface area contributed by atoms with Gasteiger partial charge >= 0.3 is 5.97 Å². The normalized spacial score (nSPS) is 11.7. The van der Waals surface area contributed by atoms with Gasteiger partial charge < -0.3 is 10.6 Å². The van der Waals surface area contributed by atoms with Gasteiger partial charge in [0.1, 0.15) is 6.04 Å². The molecule has 0 fully saturated rings. The van der Waals surface area contributed by atoms with Crippen molar-refractivity contribution in [2.24, 2.45) is 11.6 Å². The molecule has 4 N–H and O–H groups in total. The second-order valence-electron chi connectivity index (χ2n) is 1.79. The highest BCUT2D eigenvalue weighted by molar-refractivity contribution is 5.75. The van der Waals surface area contributed by atoms with E-state index in [1.807, 2.05) is 0 Å². The number of hydrogen-bond donors (Lipinski definition) is 2. The van der Waals surface area contributed by atoms with E-state index in [2.05, 4.69) is 16.7 Å². The summed E-state index contributed by atoms with van der Waals surface area (Å²) in [5.41, 5.74) is 5.26. The monoisotopic (exact) mass is 142 g/mol. The van der Waals surface area contributed by atoms with E-state index < -0.39 is 12.0 Å². The van der Waals surface area contributed by atoms with Crippen molar-refractivity contribution >= 4 is 5.97 Å². The van der Waals surface area contributed by atoms with Crippen molar-refractivity contribution < 1.29 is 9.63 Å². The average Bonchev–Trinajstić information content (AvgIpc) is 1.98. The van der Waals surface area contributed by atoms with Crippen molar-refractivity contribution in [3.63, 3.8) is 0 Å². The molecule has 4 nitrogen and oxygen atoms in total. The Hall–Kier alpha value is -1.05. The lowest BCUT2D eigenvalue weighted by molar-refractivity contribution is -0.145. The minimum absolute atomic E-state index is 0.409. The second kappa shape index (κ2) is 4.79. The summed E-state index contributed by atoms with van der Waals surface area (Å²) in [5.74, 6) is 6.28. The fourth-order valence-corrected chi connectivity index (χ4v) is 0.444. The molecule has 56 valence electrons. The van der Waals surface area contributed by atoms with Gasteiger partial charge in [-0.3, -0.25) is 0 Å². The van der Waals surface area contributed by atoms with Crippen LogP contribution in [0.5, 0.6) is 0 Å². The van der Waals surface area contributed by atoms with Gasteiger partial charge in [-0.1, -0.05) is 0 Å². The van der Waals surface area contributed by atoms with Crippen LogP contribution >= 0.6 is 0 Å². The molecular weight excluding hydrogens is 132 g/mol. The average molecular weight is 142 g/mol. The maximum absolute atomic E-state index is 10.5. The van der Waals surface area contributed by atoms with Gasteiger partial charge in [-0.05, 0) is 6.42 Å². The van der Waals surface area contributed by atoms with Crippen LogP contribution < -0.4 is 11.6 Å². The first-order chi connectivity index (χ1) is 4.72. The summed E-state index contributed by atoms with van der Waals surface area (Å²) < 4.78 is 0. The molecule has 0 aromatic carbocycles. The minimum Gasteiger partial charge on any atom is -0.372 e. The number of hydrogen-bond acceptors (Lipinski definition) is 4. The van der Waals surface area contributed by atoms with Crippen molar-refractivity contribution in [1.82, 2.24) is 0 Å². The molecule has 0 saturated carbocycles. The Morgan fingerprint density at radius 2 is 2.40 bits per heavy atom. The largest absolute Gasteiger partial charge is 0.372 e. The molecule has 0 aliphatic rings. The first-order valence-electron chi connectivity index (χ1n) is 2.82. The van der Waals surface area contributed by atoms with E-state index in [0.717, 1.165) is 0 Å². The summed E-state index contributed by atoms with van der Waals surface area (Å²) in [5, 5.41) is 0. The molecule has 0 radical (unpaired) electrons. The lowest BCUT2D eigenvalue weighted by atomic mass is 10.2. The highest BCUT2D eigenvalue weighted by atomic mass is 16.7. The van der Waals surface area contributed by atoms with E-state index in [4.69, 9.17) is 12.2 Å². The summed E-state index contributed by atoms with van der Waals surface area (Å²) in [7, 11) is 0. The Labute approximate surface area is 59.5 Å². The zero-order chi connectivity index (χ0) is 7.98. The van der Waals surface area contributed by atoms with Crippen LogP contribution in [0.4, 0.5) is 0 Å². The van der Waals surface area contributed by atoms with Crippen LogP contribution in [0.1, 0.15) is 12.8 Å². The van der Waals surface area contributed by atoms with Gasteiger partial charge in [0.2, 0.25) is 0 Å². The Bertz CT molecular complexity index is 150. The first kappa shape index (κ1) is 8.95. The zero-order valence-corrected chi connectivity index (χ0v) is 5.54. The number of terminal acetylenes is 1. The Balaban J connectivity index is 3.53. The van der Waals surface area contributed by atoms with E-state index in [-0.39, 0.29) is 0 Å². The van der Waals surface area contributed by atoms with Crippen LogP contribution in [0, 0.1) is 12.3 Å². The first-order valence-corrected chi connectivity index (χ1v) is 2.82. The predicted octanol–water partition coefficient (Wildman–Crippen LogP) is -0.856. The molecular formula is C6H10N2O2. The Kier molecular flexibility index (Phi) is 4.29. The number of carbonyl (C=O) groups is 1. The third kappa shape index (κ3) is 3.07. The molecule has 1 atom stereocenters. The highest BCUT2D eigenvalue weighted by Crippen LogP contribution is 1.93. The van der Waals surface area contributed by atoms with Crippen LogP contribution in [0.15, 0.2) is 0 Å². The van der Waals surface area contributed by atoms with E-state index >= 15 is 0 Å². The Morgan fingerprint density at radius 1 is 1.80 bits per heavy atom. The maximum Gasteiger partial charge on any atom is 0.341 e. The van der Waals surface area contributed by atoms with Crippen molar-refractivity contribution in [2.45, 2.75) is 18.9 Å². The third-order valence-corrected chi connectivity index (χ3v) is 1.02. The standard InChI is InChI=1S/C6H10N2O2/c1-2-3-4-5(7)6(9)10-8/h1,5H,3-4,7-8H2. The van der Waals surface area contributed by atoms with Crippen LogP contribution in [0.2, 0.25) is 0 Å². The molecule has 4 heteroatoms. The van der Waals surface area contributed by atoms with Crippen molar-refractivity contribution in [3.8, 4) is 12.3 Å². The third-order valence-electron chi connectivity index (χ3n) is 1.02. The van der Waals surface area contributed by atoms with E-state index in [1.54, 1.807) is 0 Å². The molecule has 0 saturated heterocycles. The van der Waals surface area contributed by atoms with Gasteiger partial charge in [0, 0.05) is 6.42 Å². The second-order valence-corrected chi connectivity index (χ2v) is 1.79. The quantitative estimate of drug-likeness (QED) is 0.397. The highest BCUT2D eigenvalue weighted by Gasteiger charge is 2.12. The minimum atomic E-state index is -0.693. The smallest absolute Gasteiger partial charge is 0.341 e. The van der Waals surface area contributed by atoms with E-state index in [1.165, 1.54) is 0 Å². The summed E-state index contributed by atoms with van der Waals surface area (Å²) >= 11 is 0. The van der Waals surface area contributed by atoms with Crippen molar-refractivity contribution in [1.29, 1.82) is 0 Å². The van der Waals surface area contributed by atoms with Gasteiger partial charge in [0.05, 0.1) is 0 Å². The lowest BCUT2D eigenvalue weighted by Crippen LogP contribution is -2.33. The van der Waals surface area contributed by atoms with Gasteiger partial charge in [-0.2, -0.15) is 5.90 Å². The molecule has 0 heterocycles. The molecule has 0 aromatic heterocycles. The van der Waals surface area contributed by atoms with Crippen LogP contribution in [0.25, 0.3) is 0 Å². The molecule has 0 bridgehead atoms. The zero-order valence-electron chi connectivity index (χ0n) is 5.54. The maximum atomic E-state index is 10.5. The number of rotatable bonds is 3. The van der Waals surface area contributed by atoms with Gasteiger partial charge in [0.15, 0.2) is 0 Å². The van der Waals surface area contributed by atoms with Crippen LogP contribution in [-0.4, -0.2) is 12.0 Å².